The van der Waals surface area contributed by atoms with Gasteiger partial charge in [-0.3, -0.25) is 9.59 Å². The van der Waals surface area contributed by atoms with Gasteiger partial charge in [-0.15, -0.1) is 0 Å². The Kier molecular flexibility index (Phi) is 4.61. The Morgan fingerprint density at radius 3 is 1.59 bits per heavy atom. The van der Waals surface area contributed by atoms with Gasteiger partial charge in [0, 0.05) is 34.9 Å². The van der Waals surface area contributed by atoms with Crippen LogP contribution in [-0.4, -0.2) is 34.9 Å². The molecule has 0 fully saturated rings. The maximum absolute atomic E-state index is 12.2. The van der Waals surface area contributed by atoms with Gasteiger partial charge in [-0.1, -0.05) is 36.4 Å². The van der Waals surface area contributed by atoms with Crippen molar-refractivity contribution in [2.75, 3.05) is 13.1 Å². The number of benzene rings is 2. The second-order valence-corrected chi connectivity index (χ2v) is 6.41. The molecule has 0 aliphatic carbocycles. The molecular formula is C21H20N4O2. The van der Waals surface area contributed by atoms with Crippen LogP contribution in [0.2, 0.25) is 0 Å². The molecule has 0 unspecified atom stereocenters. The lowest BCUT2D eigenvalue weighted by molar-refractivity contribution is 0.0947. The summed E-state index contributed by atoms with van der Waals surface area (Å²) in [6.45, 7) is 0.975. The van der Waals surface area contributed by atoms with Crippen LogP contribution in [0.3, 0.4) is 0 Å². The first-order valence-corrected chi connectivity index (χ1v) is 8.92. The molecule has 2 amide bonds. The predicted octanol–water partition coefficient (Wildman–Crippen LogP) is 3.20. The van der Waals surface area contributed by atoms with Crippen molar-refractivity contribution in [2.24, 2.45) is 0 Å². The Morgan fingerprint density at radius 2 is 1.15 bits per heavy atom. The molecule has 4 aromatic rings. The smallest absolute Gasteiger partial charge is 0.267 e. The average Bonchev–Trinajstić information content (AvgIpc) is 3.31. The lowest BCUT2D eigenvalue weighted by atomic mass is 10.2. The fourth-order valence-electron chi connectivity index (χ4n) is 3.07. The first-order chi connectivity index (χ1) is 13.2. The third kappa shape index (κ3) is 3.69. The molecule has 6 heteroatoms. The summed E-state index contributed by atoms with van der Waals surface area (Å²) in [5.41, 5.74) is 2.96. The quantitative estimate of drug-likeness (QED) is 0.398. The van der Waals surface area contributed by atoms with E-state index < -0.39 is 0 Å². The van der Waals surface area contributed by atoms with Crippen molar-refractivity contribution in [1.29, 1.82) is 0 Å². The molecule has 0 radical (unpaired) electrons. The van der Waals surface area contributed by atoms with Crippen LogP contribution >= 0.6 is 0 Å². The van der Waals surface area contributed by atoms with Gasteiger partial charge in [-0.25, -0.2) is 0 Å². The fraction of sp³-hybridized carbons (Fsp3) is 0.143. The van der Waals surface area contributed by atoms with Gasteiger partial charge in [0.15, 0.2) is 0 Å². The lowest BCUT2D eigenvalue weighted by Crippen LogP contribution is -2.30. The molecule has 0 bridgehead atoms. The van der Waals surface area contributed by atoms with Gasteiger partial charge in [-0.2, -0.15) is 0 Å². The molecule has 0 aliphatic heterocycles. The van der Waals surface area contributed by atoms with Crippen molar-refractivity contribution in [3.8, 4) is 0 Å². The molecule has 2 heterocycles. The van der Waals surface area contributed by atoms with Crippen molar-refractivity contribution in [3.05, 3.63) is 72.1 Å². The van der Waals surface area contributed by atoms with Crippen LogP contribution in [0.1, 0.15) is 27.4 Å². The summed E-state index contributed by atoms with van der Waals surface area (Å²) in [5, 5.41) is 7.75. The van der Waals surface area contributed by atoms with Crippen molar-refractivity contribution in [3.63, 3.8) is 0 Å². The Hall–Kier alpha value is -3.54. The van der Waals surface area contributed by atoms with Crippen LogP contribution < -0.4 is 10.6 Å². The molecule has 136 valence electrons. The Balaban J connectivity index is 1.24. The second-order valence-electron chi connectivity index (χ2n) is 6.41. The third-order valence-electron chi connectivity index (χ3n) is 4.47. The molecule has 2 aromatic carbocycles. The number of amides is 2. The van der Waals surface area contributed by atoms with Crippen LogP contribution in [0.5, 0.6) is 0 Å². The molecule has 0 spiro atoms. The van der Waals surface area contributed by atoms with E-state index in [2.05, 4.69) is 20.6 Å². The minimum atomic E-state index is -0.145. The molecule has 0 aliphatic rings. The van der Waals surface area contributed by atoms with E-state index in [-0.39, 0.29) is 11.8 Å². The van der Waals surface area contributed by atoms with Crippen molar-refractivity contribution >= 4 is 33.6 Å². The standard InChI is InChI=1S/C21H20N4O2/c26-20(18-12-14-6-1-3-8-16(14)24-18)22-10-5-11-23-21(27)19-13-15-7-2-4-9-17(15)25-19/h1-4,6-9,12-13,24-25H,5,10-11H2,(H,22,26)(H,23,27). The van der Waals surface area contributed by atoms with E-state index in [0.717, 1.165) is 21.8 Å². The average molecular weight is 360 g/mol. The van der Waals surface area contributed by atoms with Gasteiger partial charge in [0.2, 0.25) is 0 Å². The molecule has 27 heavy (non-hydrogen) atoms. The van der Waals surface area contributed by atoms with E-state index in [0.29, 0.717) is 30.9 Å². The zero-order valence-electron chi connectivity index (χ0n) is 14.7. The monoisotopic (exact) mass is 360 g/mol. The van der Waals surface area contributed by atoms with Crippen LogP contribution in [0.4, 0.5) is 0 Å². The number of carbonyl (C=O) groups is 2. The SMILES string of the molecule is O=C(NCCCNC(=O)c1cc2ccccc2[nH]1)c1cc2ccccc2[nH]1. The Bertz CT molecular complexity index is 955. The molecule has 0 saturated heterocycles. The summed E-state index contributed by atoms with van der Waals surface area (Å²) in [6, 6.07) is 19.2. The number of aromatic nitrogens is 2. The first-order valence-electron chi connectivity index (χ1n) is 8.92. The van der Waals surface area contributed by atoms with E-state index in [1.165, 1.54) is 0 Å². The predicted molar refractivity (Wildman–Crippen MR) is 106 cm³/mol. The van der Waals surface area contributed by atoms with E-state index in [4.69, 9.17) is 0 Å². The van der Waals surface area contributed by atoms with Crippen LogP contribution in [-0.2, 0) is 0 Å². The zero-order chi connectivity index (χ0) is 18.6. The first kappa shape index (κ1) is 16.9. The van der Waals surface area contributed by atoms with Crippen LogP contribution in [0, 0.1) is 0 Å². The highest BCUT2D eigenvalue weighted by Gasteiger charge is 2.10. The summed E-state index contributed by atoms with van der Waals surface area (Å²) in [4.78, 5) is 30.6. The van der Waals surface area contributed by atoms with Gasteiger partial charge >= 0.3 is 0 Å². The number of carbonyl (C=O) groups excluding carboxylic acids is 2. The van der Waals surface area contributed by atoms with Crippen molar-refractivity contribution < 1.29 is 9.59 Å². The minimum absolute atomic E-state index is 0.145. The Morgan fingerprint density at radius 1 is 0.704 bits per heavy atom. The molecule has 6 nitrogen and oxygen atoms in total. The number of para-hydroxylation sites is 2. The molecule has 0 saturated carbocycles. The number of aromatic amines is 2. The highest BCUT2D eigenvalue weighted by molar-refractivity contribution is 5.98. The third-order valence-corrected chi connectivity index (χ3v) is 4.47. The summed E-state index contributed by atoms with van der Waals surface area (Å²) >= 11 is 0. The van der Waals surface area contributed by atoms with Crippen molar-refractivity contribution in [2.45, 2.75) is 6.42 Å². The molecular weight excluding hydrogens is 340 g/mol. The Labute approximate surface area is 156 Å². The van der Waals surface area contributed by atoms with E-state index >= 15 is 0 Å². The van der Waals surface area contributed by atoms with Gasteiger partial charge in [0.25, 0.3) is 11.8 Å². The maximum Gasteiger partial charge on any atom is 0.267 e. The molecule has 4 N–H and O–H groups in total. The van der Waals surface area contributed by atoms with E-state index in [9.17, 15) is 9.59 Å². The number of nitrogens with one attached hydrogen (secondary N) is 4. The highest BCUT2D eigenvalue weighted by Crippen LogP contribution is 2.15. The number of H-pyrrole nitrogens is 2. The number of rotatable bonds is 6. The normalized spacial score (nSPS) is 11.0. The number of hydrogen-bond donors (Lipinski definition) is 4. The van der Waals surface area contributed by atoms with Gasteiger partial charge < -0.3 is 20.6 Å². The largest absolute Gasteiger partial charge is 0.351 e. The van der Waals surface area contributed by atoms with Gasteiger partial charge in [-0.05, 0) is 30.7 Å². The summed E-state index contributed by atoms with van der Waals surface area (Å²) in [6.07, 6.45) is 0.651. The summed E-state index contributed by atoms with van der Waals surface area (Å²) in [7, 11) is 0. The topological polar surface area (TPSA) is 89.8 Å². The zero-order valence-corrected chi connectivity index (χ0v) is 14.7. The number of hydrogen-bond acceptors (Lipinski definition) is 2. The summed E-state index contributed by atoms with van der Waals surface area (Å²) in [5.74, 6) is -0.290. The molecule has 2 aromatic heterocycles. The van der Waals surface area contributed by atoms with Crippen LogP contribution in [0.15, 0.2) is 60.7 Å². The maximum atomic E-state index is 12.2. The van der Waals surface area contributed by atoms with Crippen molar-refractivity contribution in [1.82, 2.24) is 20.6 Å². The number of fused-ring (bicyclic) bond motifs is 2. The summed E-state index contributed by atoms with van der Waals surface area (Å²) < 4.78 is 0. The van der Waals surface area contributed by atoms with Gasteiger partial charge in [0.1, 0.15) is 11.4 Å². The highest BCUT2D eigenvalue weighted by atomic mass is 16.2. The second kappa shape index (κ2) is 7.37. The van der Waals surface area contributed by atoms with Gasteiger partial charge in [0.05, 0.1) is 0 Å². The molecule has 0 atom stereocenters. The van der Waals surface area contributed by atoms with Crippen LogP contribution in [0.25, 0.3) is 21.8 Å². The minimum Gasteiger partial charge on any atom is -0.351 e. The lowest BCUT2D eigenvalue weighted by Gasteiger charge is -2.05. The molecule has 4 rings (SSSR count). The van der Waals surface area contributed by atoms with E-state index in [1.807, 2.05) is 60.7 Å². The fourth-order valence-corrected chi connectivity index (χ4v) is 3.07. The van der Waals surface area contributed by atoms with E-state index in [1.54, 1.807) is 0 Å².